The smallest absolute Gasteiger partial charge is 0.0603 e. The molecule has 0 bridgehead atoms. The van der Waals surface area contributed by atoms with Crippen molar-refractivity contribution in [2.75, 3.05) is 31.3 Å². The fraction of sp³-hybridized carbons (Fsp3) is 0.600. The predicted molar refractivity (Wildman–Crippen MR) is 87.1 cm³/mol. The molecule has 2 nitrogen and oxygen atoms in total. The SMILES string of the molecule is CCCSN1CCOCC(c2ccccc2)C1CS. The molecule has 1 fully saturated rings. The number of nitrogens with zero attached hydrogens (tertiary/aromatic N) is 1. The maximum absolute atomic E-state index is 5.81. The van der Waals surface area contributed by atoms with Gasteiger partial charge in [0, 0.05) is 30.0 Å². The van der Waals surface area contributed by atoms with Crippen LogP contribution in [0.5, 0.6) is 0 Å². The monoisotopic (exact) mass is 297 g/mol. The van der Waals surface area contributed by atoms with Gasteiger partial charge in [0.05, 0.1) is 13.2 Å². The Hall–Kier alpha value is -0.160. The third kappa shape index (κ3) is 4.15. The topological polar surface area (TPSA) is 12.5 Å². The summed E-state index contributed by atoms with van der Waals surface area (Å²) in [5.74, 6) is 2.47. The number of benzene rings is 1. The molecule has 1 saturated heterocycles. The minimum atomic E-state index is 0.422. The van der Waals surface area contributed by atoms with E-state index in [0.717, 1.165) is 25.5 Å². The molecule has 1 aromatic carbocycles. The number of ether oxygens (including phenoxy) is 1. The van der Waals surface area contributed by atoms with Crippen molar-refractivity contribution in [3.8, 4) is 0 Å². The Morgan fingerprint density at radius 1 is 1.37 bits per heavy atom. The highest BCUT2D eigenvalue weighted by molar-refractivity contribution is 7.97. The fourth-order valence-electron chi connectivity index (χ4n) is 2.45. The van der Waals surface area contributed by atoms with Gasteiger partial charge < -0.3 is 4.74 Å². The fourth-order valence-corrected chi connectivity index (χ4v) is 4.04. The van der Waals surface area contributed by atoms with Crippen molar-refractivity contribution in [2.45, 2.75) is 25.3 Å². The molecule has 2 unspecified atom stereocenters. The van der Waals surface area contributed by atoms with E-state index in [1.54, 1.807) is 0 Å². The van der Waals surface area contributed by atoms with Gasteiger partial charge in [0.1, 0.15) is 0 Å². The van der Waals surface area contributed by atoms with Gasteiger partial charge in [-0.05, 0) is 12.0 Å². The van der Waals surface area contributed by atoms with Gasteiger partial charge in [-0.15, -0.1) is 0 Å². The van der Waals surface area contributed by atoms with Crippen molar-refractivity contribution in [3.63, 3.8) is 0 Å². The Labute approximate surface area is 126 Å². The molecule has 1 heterocycles. The minimum Gasteiger partial charge on any atom is -0.379 e. The van der Waals surface area contributed by atoms with Gasteiger partial charge in [-0.3, -0.25) is 0 Å². The Morgan fingerprint density at radius 3 is 2.84 bits per heavy atom. The van der Waals surface area contributed by atoms with Crippen molar-refractivity contribution < 1.29 is 4.74 Å². The lowest BCUT2D eigenvalue weighted by molar-refractivity contribution is 0.138. The van der Waals surface area contributed by atoms with Gasteiger partial charge in [0.15, 0.2) is 0 Å². The zero-order chi connectivity index (χ0) is 13.5. The molecular weight excluding hydrogens is 274 g/mol. The maximum atomic E-state index is 5.81. The molecule has 0 N–H and O–H groups in total. The van der Waals surface area contributed by atoms with Crippen LogP contribution in [0.15, 0.2) is 30.3 Å². The number of hydrogen-bond donors (Lipinski definition) is 1. The van der Waals surface area contributed by atoms with E-state index in [-0.39, 0.29) is 0 Å². The molecule has 0 radical (unpaired) electrons. The summed E-state index contributed by atoms with van der Waals surface area (Å²) in [6.45, 7) is 4.85. The van der Waals surface area contributed by atoms with Crippen molar-refractivity contribution in [2.24, 2.45) is 0 Å². The van der Waals surface area contributed by atoms with Crippen LogP contribution in [-0.2, 0) is 4.74 Å². The van der Waals surface area contributed by atoms with E-state index in [1.807, 2.05) is 11.9 Å². The largest absolute Gasteiger partial charge is 0.379 e. The molecule has 0 saturated carbocycles. The first-order valence-corrected chi connectivity index (χ1v) is 8.57. The quantitative estimate of drug-likeness (QED) is 0.660. The van der Waals surface area contributed by atoms with E-state index in [1.165, 1.54) is 17.7 Å². The molecule has 0 amide bonds. The number of rotatable bonds is 5. The summed E-state index contributed by atoms with van der Waals surface area (Å²) in [5.41, 5.74) is 1.37. The molecule has 0 aliphatic carbocycles. The van der Waals surface area contributed by atoms with E-state index >= 15 is 0 Å². The Morgan fingerprint density at radius 2 is 2.16 bits per heavy atom. The second-order valence-corrected chi connectivity index (χ2v) is 6.32. The lowest BCUT2D eigenvalue weighted by Gasteiger charge is -2.32. The molecule has 4 heteroatoms. The van der Waals surface area contributed by atoms with Gasteiger partial charge in [0.2, 0.25) is 0 Å². The highest BCUT2D eigenvalue weighted by atomic mass is 32.2. The van der Waals surface area contributed by atoms with E-state index in [4.69, 9.17) is 4.74 Å². The van der Waals surface area contributed by atoms with Crippen LogP contribution in [0.1, 0.15) is 24.8 Å². The van der Waals surface area contributed by atoms with Crippen molar-refractivity contribution in [1.82, 2.24) is 4.31 Å². The van der Waals surface area contributed by atoms with Crippen molar-refractivity contribution in [1.29, 1.82) is 0 Å². The first-order valence-electron chi connectivity index (χ1n) is 7.00. The lowest BCUT2D eigenvalue weighted by atomic mass is 9.93. The second-order valence-electron chi connectivity index (χ2n) is 4.82. The second kappa shape index (κ2) is 8.20. The molecule has 1 aromatic rings. The summed E-state index contributed by atoms with van der Waals surface area (Å²) in [7, 11) is 0. The van der Waals surface area contributed by atoms with Gasteiger partial charge >= 0.3 is 0 Å². The van der Waals surface area contributed by atoms with E-state index in [0.29, 0.717) is 12.0 Å². The Balaban J connectivity index is 2.15. The molecule has 0 spiro atoms. The average molecular weight is 297 g/mol. The van der Waals surface area contributed by atoms with E-state index in [2.05, 4.69) is 54.2 Å². The van der Waals surface area contributed by atoms with Crippen molar-refractivity contribution in [3.05, 3.63) is 35.9 Å². The zero-order valence-electron chi connectivity index (χ0n) is 11.5. The van der Waals surface area contributed by atoms with Crippen LogP contribution in [0.4, 0.5) is 0 Å². The van der Waals surface area contributed by atoms with Crippen LogP contribution in [0, 0.1) is 0 Å². The zero-order valence-corrected chi connectivity index (χ0v) is 13.2. The highest BCUT2D eigenvalue weighted by Gasteiger charge is 2.30. The van der Waals surface area contributed by atoms with Crippen LogP contribution in [0.2, 0.25) is 0 Å². The van der Waals surface area contributed by atoms with Crippen LogP contribution < -0.4 is 0 Å². The van der Waals surface area contributed by atoms with Gasteiger partial charge in [0.25, 0.3) is 0 Å². The summed E-state index contributed by atoms with van der Waals surface area (Å²) in [6.07, 6.45) is 1.21. The summed E-state index contributed by atoms with van der Waals surface area (Å²) < 4.78 is 8.30. The van der Waals surface area contributed by atoms with Gasteiger partial charge in [-0.2, -0.15) is 12.6 Å². The number of hydrogen-bond acceptors (Lipinski definition) is 4. The molecule has 0 aromatic heterocycles. The Kier molecular flexibility index (Phi) is 6.57. The molecule has 19 heavy (non-hydrogen) atoms. The third-order valence-corrected chi connectivity index (χ3v) is 5.21. The third-order valence-electron chi connectivity index (χ3n) is 3.46. The van der Waals surface area contributed by atoms with Crippen molar-refractivity contribution >= 4 is 24.6 Å². The van der Waals surface area contributed by atoms with E-state index in [9.17, 15) is 0 Å². The van der Waals surface area contributed by atoms with Gasteiger partial charge in [-0.1, -0.05) is 49.2 Å². The van der Waals surface area contributed by atoms with Crippen LogP contribution >= 0.6 is 24.6 Å². The summed E-state index contributed by atoms with van der Waals surface area (Å²) in [5, 5.41) is 0. The van der Waals surface area contributed by atoms with Crippen LogP contribution in [0.25, 0.3) is 0 Å². The summed E-state index contributed by atoms with van der Waals surface area (Å²) in [6, 6.07) is 11.2. The molecule has 1 aliphatic rings. The molecule has 2 atom stereocenters. The minimum absolute atomic E-state index is 0.422. The first kappa shape index (κ1) is 15.2. The maximum Gasteiger partial charge on any atom is 0.0603 e. The number of thiol groups is 1. The first-order chi connectivity index (χ1) is 9.36. The highest BCUT2D eigenvalue weighted by Crippen LogP contribution is 2.31. The summed E-state index contributed by atoms with van der Waals surface area (Å²) in [4.78, 5) is 0. The standard InChI is InChI=1S/C15H23NOS2/c1-2-10-19-16-8-9-17-11-14(15(16)12-18)13-6-4-3-5-7-13/h3-7,14-15,18H,2,8-12H2,1H3. The normalized spacial score (nSPS) is 25.2. The average Bonchev–Trinajstić information content (AvgIpc) is 2.67. The molecular formula is C15H23NOS2. The summed E-state index contributed by atoms with van der Waals surface area (Å²) >= 11 is 6.54. The molecule has 106 valence electrons. The predicted octanol–water partition coefficient (Wildman–Crippen LogP) is 3.46. The Bertz CT molecular complexity index is 360. The molecule has 1 aliphatic heterocycles. The molecule has 2 rings (SSSR count). The van der Waals surface area contributed by atoms with Crippen LogP contribution in [0.3, 0.4) is 0 Å². The van der Waals surface area contributed by atoms with Crippen LogP contribution in [-0.4, -0.2) is 41.6 Å². The van der Waals surface area contributed by atoms with Gasteiger partial charge in [-0.25, -0.2) is 4.31 Å². The lowest BCUT2D eigenvalue weighted by Crippen LogP contribution is -2.37. The van der Waals surface area contributed by atoms with E-state index < -0.39 is 0 Å².